The number of phenolic OH excluding ortho intramolecular Hbond substituents is 1. The van der Waals surface area contributed by atoms with E-state index in [0.717, 1.165) is 24.2 Å². The minimum absolute atomic E-state index is 0.420. The van der Waals surface area contributed by atoms with E-state index in [1.54, 1.807) is 10.4 Å². The molecular formula is C16H19NOS. The fourth-order valence-corrected chi connectivity index (χ4v) is 3.89. The molecular weight excluding hydrogens is 254 g/mol. The zero-order valence-electron chi connectivity index (χ0n) is 11.2. The Labute approximate surface area is 118 Å². The van der Waals surface area contributed by atoms with E-state index in [4.69, 9.17) is 0 Å². The normalized spacial score (nSPS) is 13.7. The lowest BCUT2D eigenvalue weighted by atomic mass is 10.1. The minimum Gasteiger partial charge on any atom is -0.507 e. The second-order valence-electron chi connectivity index (χ2n) is 5.20. The number of benzene rings is 1. The summed E-state index contributed by atoms with van der Waals surface area (Å²) in [5.41, 5.74) is 3.47. The number of hydrogen-bond donors (Lipinski definition) is 2. The van der Waals surface area contributed by atoms with Gasteiger partial charge in [0.2, 0.25) is 0 Å². The van der Waals surface area contributed by atoms with Crippen molar-refractivity contribution in [2.45, 2.75) is 39.3 Å². The summed E-state index contributed by atoms with van der Waals surface area (Å²) in [4.78, 5) is 2.99. The van der Waals surface area contributed by atoms with Gasteiger partial charge in [-0.3, -0.25) is 0 Å². The van der Waals surface area contributed by atoms with Crippen molar-refractivity contribution in [3.63, 3.8) is 0 Å². The predicted octanol–water partition coefficient (Wildman–Crippen LogP) is 3.54. The molecule has 1 aromatic heterocycles. The molecule has 1 aromatic carbocycles. The third-order valence-corrected chi connectivity index (χ3v) is 4.97. The lowest BCUT2D eigenvalue weighted by Crippen LogP contribution is -2.12. The zero-order chi connectivity index (χ0) is 13.2. The number of phenols is 1. The van der Waals surface area contributed by atoms with Gasteiger partial charge in [-0.15, -0.1) is 11.3 Å². The molecule has 19 heavy (non-hydrogen) atoms. The highest BCUT2D eigenvalue weighted by Gasteiger charge is 2.14. The minimum atomic E-state index is 0.420. The molecule has 0 spiro atoms. The molecule has 100 valence electrons. The van der Waals surface area contributed by atoms with Gasteiger partial charge in [0, 0.05) is 28.4 Å². The highest BCUT2D eigenvalue weighted by Crippen LogP contribution is 2.30. The van der Waals surface area contributed by atoms with Crippen LogP contribution < -0.4 is 5.32 Å². The SMILES string of the molecule is Cc1cccc(CNCc2cc3c(s2)CCC3)c1O. The lowest BCUT2D eigenvalue weighted by Gasteiger charge is -2.07. The van der Waals surface area contributed by atoms with Gasteiger partial charge in [0.15, 0.2) is 0 Å². The standard InChI is InChI=1S/C16H19NOS/c1-11-4-2-6-13(16(11)18)9-17-10-14-8-12-5-3-7-15(12)19-14/h2,4,6,8,17-18H,3,5,7,9-10H2,1H3. The van der Waals surface area contributed by atoms with E-state index in [0.29, 0.717) is 5.75 Å². The molecule has 0 unspecified atom stereocenters. The summed E-state index contributed by atoms with van der Waals surface area (Å²) in [6.07, 6.45) is 3.84. The van der Waals surface area contributed by atoms with Crippen molar-refractivity contribution >= 4 is 11.3 Å². The molecule has 1 aliphatic carbocycles. The highest BCUT2D eigenvalue weighted by atomic mass is 32.1. The number of rotatable bonds is 4. The number of thiophene rings is 1. The Bertz CT molecular complexity index is 567. The van der Waals surface area contributed by atoms with Crippen LogP contribution >= 0.6 is 11.3 Å². The number of para-hydroxylation sites is 1. The Balaban J connectivity index is 1.59. The van der Waals surface area contributed by atoms with Crippen molar-refractivity contribution in [2.24, 2.45) is 0 Å². The average molecular weight is 273 g/mol. The molecule has 1 aliphatic rings. The molecule has 2 aromatic rings. The molecule has 0 fully saturated rings. The van der Waals surface area contributed by atoms with Gasteiger partial charge in [-0.05, 0) is 43.4 Å². The maximum Gasteiger partial charge on any atom is 0.122 e. The fourth-order valence-electron chi connectivity index (χ4n) is 2.66. The predicted molar refractivity (Wildman–Crippen MR) is 79.7 cm³/mol. The fraction of sp³-hybridized carbons (Fsp3) is 0.375. The molecule has 2 nitrogen and oxygen atoms in total. The van der Waals surface area contributed by atoms with Crippen LogP contribution in [0.3, 0.4) is 0 Å². The lowest BCUT2D eigenvalue weighted by molar-refractivity contribution is 0.460. The molecule has 0 amide bonds. The van der Waals surface area contributed by atoms with Gasteiger partial charge in [0.25, 0.3) is 0 Å². The first-order valence-corrected chi connectivity index (χ1v) is 7.64. The van der Waals surface area contributed by atoms with E-state index in [9.17, 15) is 5.11 Å². The number of nitrogens with one attached hydrogen (secondary N) is 1. The third kappa shape index (κ3) is 2.67. The first-order valence-electron chi connectivity index (χ1n) is 6.82. The smallest absolute Gasteiger partial charge is 0.122 e. The topological polar surface area (TPSA) is 32.3 Å². The second kappa shape index (κ2) is 5.35. The van der Waals surface area contributed by atoms with Gasteiger partial charge in [0.1, 0.15) is 5.75 Å². The quantitative estimate of drug-likeness (QED) is 0.893. The summed E-state index contributed by atoms with van der Waals surface area (Å²) >= 11 is 1.94. The summed E-state index contributed by atoms with van der Waals surface area (Å²) in [5, 5.41) is 13.4. The first-order chi connectivity index (χ1) is 9.24. The second-order valence-corrected chi connectivity index (χ2v) is 6.42. The van der Waals surface area contributed by atoms with Crippen LogP contribution in [-0.2, 0) is 25.9 Å². The van der Waals surface area contributed by atoms with Crippen LogP contribution in [0.1, 0.15) is 32.9 Å². The van der Waals surface area contributed by atoms with Gasteiger partial charge in [-0.25, -0.2) is 0 Å². The van der Waals surface area contributed by atoms with Crippen molar-refractivity contribution in [1.29, 1.82) is 0 Å². The number of fused-ring (bicyclic) bond motifs is 1. The van der Waals surface area contributed by atoms with E-state index in [-0.39, 0.29) is 0 Å². The molecule has 0 aliphatic heterocycles. The molecule has 0 saturated heterocycles. The summed E-state index contributed by atoms with van der Waals surface area (Å²) < 4.78 is 0. The number of aromatic hydroxyl groups is 1. The van der Waals surface area contributed by atoms with Crippen LogP contribution in [0.5, 0.6) is 5.75 Å². The Morgan fingerprint density at radius 2 is 2.16 bits per heavy atom. The Morgan fingerprint density at radius 1 is 1.26 bits per heavy atom. The largest absolute Gasteiger partial charge is 0.507 e. The molecule has 0 saturated carbocycles. The van der Waals surface area contributed by atoms with Gasteiger partial charge in [-0.1, -0.05) is 18.2 Å². The Hall–Kier alpha value is -1.32. The van der Waals surface area contributed by atoms with Crippen LogP contribution in [0.2, 0.25) is 0 Å². The van der Waals surface area contributed by atoms with E-state index in [2.05, 4.69) is 11.4 Å². The summed E-state index contributed by atoms with van der Waals surface area (Å²) in [6, 6.07) is 8.24. The van der Waals surface area contributed by atoms with Crippen molar-refractivity contribution in [1.82, 2.24) is 5.32 Å². The maximum atomic E-state index is 9.95. The monoisotopic (exact) mass is 273 g/mol. The number of aryl methyl sites for hydroxylation is 3. The van der Waals surface area contributed by atoms with E-state index >= 15 is 0 Å². The van der Waals surface area contributed by atoms with Gasteiger partial charge in [0.05, 0.1) is 0 Å². The van der Waals surface area contributed by atoms with Gasteiger partial charge < -0.3 is 10.4 Å². The van der Waals surface area contributed by atoms with Crippen LogP contribution in [-0.4, -0.2) is 5.11 Å². The molecule has 3 rings (SSSR count). The molecule has 0 radical (unpaired) electrons. The summed E-state index contributed by atoms with van der Waals surface area (Å²) in [6.45, 7) is 3.55. The van der Waals surface area contributed by atoms with E-state index in [1.807, 2.05) is 36.5 Å². The highest BCUT2D eigenvalue weighted by molar-refractivity contribution is 7.12. The maximum absolute atomic E-state index is 9.95. The third-order valence-electron chi connectivity index (χ3n) is 3.73. The Kier molecular flexibility index (Phi) is 3.58. The molecule has 0 atom stereocenters. The summed E-state index contributed by atoms with van der Waals surface area (Å²) in [7, 11) is 0. The summed E-state index contributed by atoms with van der Waals surface area (Å²) in [5.74, 6) is 0.420. The van der Waals surface area contributed by atoms with Crippen molar-refractivity contribution < 1.29 is 5.11 Å². The molecule has 1 heterocycles. The molecule has 0 bridgehead atoms. The van der Waals surface area contributed by atoms with Crippen LogP contribution in [0.25, 0.3) is 0 Å². The average Bonchev–Trinajstić information content (AvgIpc) is 2.95. The molecule has 3 heteroatoms. The van der Waals surface area contributed by atoms with Crippen molar-refractivity contribution in [3.8, 4) is 5.75 Å². The van der Waals surface area contributed by atoms with Crippen molar-refractivity contribution in [2.75, 3.05) is 0 Å². The first kappa shape index (κ1) is 12.7. The van der Waals surface area contributed by atoms with Gasteiger partial charge in [-0.2, -0.15) is 0 Å². The van der Waals surface area contributed by atoms with Crippen LogP contribution in [0.4, 0.5) is 0 Å². The Morgan fingerprint density at radius 3 is 3.00 bits per heavy atom. The zero-order valence-corrected chi connectivity index (χ0v) is 12.0. The van der Waals surface area contributed by atoms with E-state index in [1.165, 1.54) is 24.1 Å². The molecule has 2 N–H and O–H groups in total. The van der Waals surface area contributed by atoms with Gasteiger partial charge >= 0.3 is 0 Å². The van der Waals surface area contributed by atoms with Crippen LogP contribution in [0.15, 0.2) is 24.3 Å². The number of hydrogen-bond acceptors (Lipinski definition) is 3. The van der Waals surface area contributed by atoms with Crippen molar-refractivity contribution in [3.05, 3.63) is 50.7 Å². The van der Waals surface area contributed by atoms with Crippen LogP contribution in [0, 0.1) is 6.92 Å². The van der Waals surface area contributed by atoms with E-state index < -0.39 is 0 Å².